The average Bonchev–Trinajstić information content (AvgIpc) is 2.48. The number of nitrogens with zero attached hydrogens (tertiary/aromatic N) is 2. The number of benzene rings is 1. The molecule has 1 atom stereocenters. The van der Waals surface area contributed by atoms with Crippen LogP contribution < -0.4 is 10.1 Å². The second-order valence-electron chi connectivity index (χ2n) is 5.30. The van der Waals surface area contributed by atoms with Crippen molar-refractivity contribution < 1.29 is 9.66 Å². The molecule has 1 aromatic heterocycles. The lowest BCUT2D eigenvalue weighted by molar-refractivity contribution is -0.383. The number of piperidine rings is 1. The van der Waals surface area contributed by atoms with Gasteiger partial charge in [0.15, 0.2) is 0 Å². The molecule has 6 heteroatoms. The Balaban J connectivity index is 2.03. The molecule has 1 N–H and O–H groups in total. The Bertz CT molecular complexity index is 681. The van der Waals surface area contributed by atoms with Crippen molar-refractivity contribution in [2.45, 2.75) is 25.9 Å². The van der Waals surface area contributed by atoms with Gasteiger partial charge in [0.05, 0.1) is 10.3 Å². The van der Waals surface area contributed by atoms with Gasteiger partial charge in [-0.15, -0.1) is 0 Å². The molecular weight excluding hydrogens is 270 g/mol. The van der Waals surface area contributed by atoms with Crippen LogP contribution in [0.5, 0.6) is 5.75 Å². The normalized spacial score (nSPS) is 18.6. The van der Waals surface area contributed by atoms with Gasteiger partial charge in [-0.3, -0.25) is 15.1 Å². The minimum absolute atomic E-state index is 0.0617. The summed E-state index contributed by atoms with van der Waals surface area (Å²) in [6.07, 6.45) is 3.73. The summed E-state index contributed by atoms with van der Waals surface area (Å²) < 4.78 is 6.05. The summed E-state index contributed by atoms with van der Waals surface area (Å²) in [6.45, 7) is 3.69. The number of rotatable bonds is 3. The van der Waals surface area contributed by atoms with Gasteiger partial charge in [-0.05, 0) is 38.4 Å². The number of non-ortho nitro benzene ring substituents is 1. The monoisotopic (exact) mass is 287 g/mol. The number of hydrogen-bond acceptors (Lipinski definition) is 5. The van der Waals surface area contributed by atoms with E-state index in [0.29, 0.717) is 11.1 Å². The van der Waals surface area contributed by atoms with Gasteiger partial charge in [0.25, 0.3) is 5.69 Å². The van der Waals surface area contributed by atoms with Crippen LogP contribution in [0, 0.1) is 17.0 Å². The zero-order valence-corrected chi connectivity index (χ0v) is 11.8. The van der Waals surface area contributed by atoms with Gasteiger partial charge in [-0.1, -0.05) is 0 Å². The number of nitro groups is 1. The quantitative estimate of drug-likeness (QED) is 0.693. The first kappa shape index (κ1) is 13.8. The van der Waals surface area contributed by atoms with Gasteiger partial charge < -0.3 is 10.1 Å². The van der Waals surface area contributed by atoms with Crippen molar-refractivity contribution in [3.63, 3.8) is 0 Å². The summed E-state index contributed by atoms with van der Waals surface area (Å²) in [4.78, 5) is 14.9. The topological polar surface area (TPSA) is 77.3 Å². The highest BCUT2D eigenvalue weighted by Gasteiger charge is 2.19. The van der Waals surface area contributed by atoms with Crippen LogP contribution in [0.15, 0.2) is 24.4 Å². The molecule has 110 valence electrons. The predicted octanol–water partition coefficient (Wildman–Crippen LogP) is 2.58. The van der Waals surface area contributed by atoms with E-state index in [1.807, 2.05) is 13.0 Å². The highest BCUT2D eigenvalue weighted by molar-refractivity contribution is 5.95. The Labute approximate surface area is 122 Å². The molecule has 2 heterocycles. The second-order valence-corrected chi connectivity index (χ2v) is 5.30. The highest BCUT2D eigenvalue weighted by atomic mass is 16.6. The lowest BCUT2D eigenvalue weighted by Gasteiger charge is -2.24. The number of aromatic nitrogens is 1. The Hall–Kier alpha value is -2.21. The smallest absolute Gasteiger partial charge is 0.279 e. The molecule has 21 heavy (non-hydrogen) atoms. The molecule has 1 saturated heterocycles. The molecule has 0 radical (unpaired) electrons. The van der Waals surface area contributed by atoms with E-state index in [1.54, 1.807) is 12.3 Å². The Kier molecular flexibility index (Phi) is 3.70. The van der Waals surface area contributed by atoms with Crippen LogP contribution in [0.4, 0.5) is 5.69 Å². The summed E-state index contributed by atoms with van der Waals surface area (Å²) in [7, 11) is 0. The lowest BCUT2D eigenvalue weighted by atomic mass is 10.1. The number of nitro benzene ring substituents is 1. The number of nitrogens with one attached hydrogen (secondary N) is 1. The van der Waals surface area contributed by atoms with Gasteiger partial charge in [0.2, 0.25) is 0 Å². The van der Waals surface area contributed by atoms with Gasteiger partial charge in [0.1, 0.15) is 11.9 Å². The first-order valence-corrected chi connectivity index (χ1v) is 7.06. The van der Waals surface area contributed by atoms with E-state index < -0.39 is 0 Å². The standard InChI is InChI=1S/C15H17N3O3/c1-10-7-12-13(9-17-10)14(18(19)20)4-5-15(12)21-11-3-2-6-16-8-11/h4-5,7,9,11,16H,2-3,6,8H2,1H3. The molecule has 1 aliphatic heterocycles. The van der Waals surface area contributed by atoms with Crippen molar-refractivity contribution in [3.8, 4) is 5.75 Å². The van der Waals surface area contributed by atoms with Crippen molar-refractivity contribution in [2.75, 3.05) is 13.1 Å². The van der Waals surface area contributed by atoms with Gasteiger partial charge >= 0.3 is 0 Å². The van der Waals surface area contributed by atoms with Crippen molar-refractivity contribution in [1.29, 1.82) is 0 Å². The number of aryl methyl sites for hydroxylation is 1. The van der Waals surface area contributed by atoms with Crippen molar-refractivity contribution >= 4 is 16.5 Å². The molecule has 0 spiro atoms. The maximum Gasteiger partial charge on any atom is 0.279 e. The fourth-order valence-electron chi connectivity index (χ4n) is 2.66. The fraction of sp³-hybridized carbons (Fsp3) is 0.400. The van der Waals surface area contributed by atoms with Crippen LogP contribution in [0.25, 0.3) is 10.8 Å². The Morgan fingerprint density at radius 2 is 2.29 bits per heavy atom. The van der Waals surface area contributed by atoms with E-state index in [2.05, 4.69) is 10.3 Å². The zero-order chi connectivity index (χ0) is 14.8. The first-order valence-electron chi connectivity index (χ1n) is 7.06. The maximum absolute atomic E-state index is 11.1. The molecule has 1 fully saturated rings. The van der Waals surface area contributed by atoms with Gasteiger partial charge in [-0.2, -0.15) is 0 Å². The van der Waals surface area contributed by atoms with Crippen LogP contribution in [0.3, 0.4) is 0 Å². The van der Waals surface area contributed by atoms with E-state index in [0.717, 1.165) is 37.0 Å². The lowest BCUT2D eigenvalue weighted by Crippen LogP contribution is -2.37. The largest absolute Gasteiger partial charge is 0.488 e. The summed E-state index contributed by atoms with van der Waals surface area (Å²) in [5.74, 6) is 0.690. The minimum atomic E-state index is -0.384. The Morgan fingerprint density at radius 3 is 3.00 bits per heavy atom. The van der Waals surface area contributed by atoms with Crippen LogP contribution in [-0.4, -0.2) is 29.1 Å². The fourth-order valence-corrected chi connectivity index (χ4v) is 2.66. The van der Waals surface area contributed by atoms with Crippen LogP contribution >= 0.6 is 0 Å². The predicted molar refractivity (Wildman–Crippen MR) is 79.7 cm³/mol. The van der Waals surface area contributed by atoms with Crippen molar-refractivity contribution in [1.82, 2.24) is 10.3 Å². The molecule has 6 nitrogen and oxygen atoms in total. The highest BCUT2D eigenvalue weighted by Crippen LogP contribution is 2.33. The molecule has 3 rings (SSSR count). The van der Waals surface area contributed by atoms with Crippen LogP contribution in [-0.2, 0) is 0 Å². The molecule has 0 amide bonds. The SMILES string of the molecule is Cc1cc2c(OC3CCCNC3)ccc([N+](=O)[O-])c2cn1. The van der Waals surface area contributed by atoms with Gasteiger partial charge in [-0.25, -0.2) is 0 Å². The number of ether oxygens (including phenoxy) is 1. The first-order chi connectivity index (χ1) is 10.1. The summed E-state index contributed by atoms with van der Waals surface area (Å²) in [6, 6.07) is 5.02. The number of fused-ring (bicyclic) bond motifs is 1. The molecule has 1 aliphatic rings. The van der Waals surface area contributed by atoms with E-state index in [4.69, 9.17) is 4.74 Å². The van der Waals surface area contributed by atoms with Crippen molar-refractivity contribution in [3.05, 3.63) is 40.2 Å². The number of pyridine rings is 1. The second kappa shape index (κ2) is 5.65. The molecule has 0 aliphatic carbocycles. The molecule has 0 saturated carbocycles. The third-order valence-electron chi connectivity index (χ3n) is 3.72. The molecule has 2 aromatic rings. The maximum atomic E-state index is 11.1. The Morgan fingerprint density at radius 1 is 1.43 bits per heavy atom. The third-order valence-corrected chi connectivity index (χ3v) is 3.72. The van der Waals surface area contributed by atoms with E-state index in [1.165, 1.54) is 6.07 Å². The molecule has 1 unspecified atom stereocenters. The summed E-state index contributed by atoms with van der Waals surface area (Å²) in [5, 5.41) is 15.7. The summed E-state index contributed by atoms with van der Waals surface area (Å²) in [5.41, 5.74) is 0.876. The van der Waals surface area contributed by atoms with Gasteiger partial charge in [0, 0.05) is 29.9 Å². The molecular formula is C15H17N3O3. The van der Waals surface area contributed by atoms with E-state index in [-0.39, 0.29) is 16.7 Å². The van der Waals surface area contributed by atoms with E-state index >= 15 is 0 Å². The molecule has 1 aromatic carbocycles. The van der Waals surface area contributed by atoms with Crippen molar-refractivity contribution in [2.24, 2.45) is 0 Å². The zero-order valence-electron chi connectivity index (χ0n) is 11.8. The number of hydrogen-bond donors (Lipinski definition) is 1. The van der Waals surface area contributed by atoms with E-state index in [9.17, 15) is 10.1 Å². The third kappa shape index (κ3) is 2.80. The average molecular weight is 287 g/mol. The molecule has 0 bridgehead atoms. The summed E-state index contributed by atoms with van der Waals surface area (Å²) >= 11 is 0. The van der Waals surface area contributed by atoms with Crippen LogP contribution in [0.2, 0.25) is 0 Å². The minimum Gasteiger partial charge on any atom is -0.488 e. The van der Waals surface area contributed by atoms with Crippen LogP contribution in [0.1, 0.15) is 18.5 Å².